The van der Waals surface area contributed by atoms with Crippen LogP contribution < -0.4 is 11.2 Å². The highest BCUT2D eigenvalue weighted by molar-refractivity contribution is 5.83. The fraction of sp³-hybridized carbons (Fsp3) is 0.769. The van der Waals surface area contributed by atoms with Gasteiger partial charge in [-0.1, -0.05) is 0 Å². The second-order valence-electron chi connectivity index (χ2n) is 5.34. The average molecular weight is 316 g/mol. The van der Waals surface area contributed by atoms with Crippen LogP contribution in [0, 0.1) is 0 Å². The van der Waals surface area contributed by atoms with Crippen LogP contribution in [-0.2, 0) is 9.59 Å². The number of hydrogen-bond donors (Lipinski definition) is 4. The molecule has 5 N–H and O–H groups in total. The maximum atomic E-state index is 12.3. The lowest BCUT2D eigenvalue weighted by molar-refractivity contribution is -0.143. The number of carbonyl (C=O) groups excluding carboxylic acids is 1. The number of aliphatic carboxylic acids is 2. The van der Waals surface area contributed by atoms with Gasteiger partial charge in [-0.2, -0.15) is 0 Å². The third-order valence-electron chi connectivity index (χ3n) is 3.66. The highest BCUT2D eigenvalue weighted by Gasteiger charge is 2.36. The number of rotatable bonds is 8. The number of hydrazine groups is 1. The SMILES string of the molecule is CN(NC(CCCCN)C(=O)O)C(=O)N1CCC[C@H]1C(=O)O. The van der Waals surface area contributed by atoms with E-state index in [0.29, 0.717) is 45.2 Å². The van der Waals surface area contributed by atoms with Crippen LogP contribution >= 0.6 is 0 Å². The van der Waals surface area contributed by atoms with E-state index in [1.165, 1.54) is 11.9 Å². The Morgan fingerprint density at radius 3 is 2.59 bits per heavy atom. The Kier molecular flexibility index (Phi) is 7.06. The summed E-state index contributed by atoms with van der Waals surface area (Å²) in [4.78, 5) is 35.8. The molecule has 1 rings (SSSR count). The number of carboxylic acid groups (broad SMARTS) is 2. The number of likely N-dealkylation sites (tertiary alicyclic amines) is 1. The van der Waals surface area contributed by atoms with E-state index in [0.717, 1.165) is 5.01 Å². The molecule has 0 aromatic carbocycles. The Hall–Kier alpha value is -1.87. The number of amides is 2. The van der Waals surface area contributed by atoms with Crippen molar-refractivity contribution in [1.29, 1.82) is 0 Å². The number of carbonyl (C=O) groups is 3. The van der Waals surface area contributed by atoms with Gasteiger partial charge in [0.2, 0.25) is 0 Å². The van der Waals surface area contributed by atoms with Gasteiger partial charge in [0.25, 0.3) is 0 Å². The number of hydrogen-bond acceptors (Lipinski definition) is 5. The molecule has 1 aliphatic rings. The molecule has 22 heavy (non-hydrogen) atoms. The van der Waals surface area contributed by atoms with E-state index in [1.807, 2.05) is 0 Å². The van der Waals surface area contributed by atoms with E-state index >= 15 is 0 Å². The number of nitrogens with zero attached hydrogens (tertiary/aromatic N) is 2. The Morgan fingerprint density at radius 1 is 1.36 bits per heavy atom. The van der Waals surface area contributed by atoms with Crippen molar-refractivity contribution in [2.24, 2.45) is 5.73 Å². The van der Waals surface area contributed by atoms with Gasteiger partial charge in [0.05, 0.1) is 0 Å². The smallest absolute Gasteiger partial charge is 0.334 e. The van der Waals surface area contributed by atoms with Gasteiger partial charge in [-0.05, 0) is 38.6 Å². The first kappa shape index (κ1) is 18.2. The number of nitrogens with one attached hydrogen (secondary N) is 1. The molecule has 2 amide bonds. The molecule has 2 atom stereocenters. The van der Waals surface area contributed by atoms with Crippen molar-refractivity contribution in [3.05, 3.63) is 0 Å². The Balaban J connectivity index is 2.60. The van der Waals surface area contributed by atoms with E-state index in [-0.39, 0.29) is 0 Å². The van der Waals surface area contributed by atoms with Crippen molar-refractivity contribution < 1.29 is 24.6 Å². The minimum atomic E-state index is -1.06. The molecule has 1 aliphatic heterocycles. The van der Waals surface area contributed by atoms with Gasteiger partial charge in [0, 0.05) is 13.6 Å². The Morgan fingerprint density at radius 2 is 2.05 bits per heavy atom. The second kappa shape index (κ2) is 8.54. The van der Waals surface area contributed by atoms with Crippen molar-refractivity contribution in [3.63, 3.8) is 0 Å². The number of nitrogens with two attached hydrogens (primary N) is 1. The van der Waals surface area contributed by atoms with Gasteiger partial charge in [0.15, 0.2) is 0 Å². The summed E-state index contributed by atoms with van der Waals surface area (Å²) in [5.74, 6) is -2.11. The molecule has 0 aromatic heterocycles. The maximum Gasteiger partial charge on any atom is 0.334 e. The minimum Gasteiger partial charge on any atom is -0.480 e. The summed E-state index contributed by atoms with van der Waals surface area (Å²) in [6.45, 7) is 0.835. The lowest BCUT2D eigenvalue weighted by Crippen LogP contribution is -2.55. The molecular weight excluding hydrogens is 292 g/mol. The fourth-order valence-corrected chi connectivity index (χ4v) is 2.47. The molecule has 126 valence electrons. The monoisotopic (exact) mass is 316 g/mol. The largest absolute Gasteiger partial charge is 0.480 e. The lowest BCUT2D eigenvalue weighted by atomic mass is 10.1. The molecule has 0 bridgehead atoms. The topological polar surface area (TPSA) is 136 Å². The zero-order valence-corrected chi connectivity index (χ0v) is 12.7. The second-order valence-corrected chi connectivity index (χ2v) is 5.34. The van der Waals surface area contributed by atoms with Gasteiger partial charge in [-0.3, -0.25) is 9.80 Å². The van der Waals surface area contributed by atoms with Crippen molar-refractivity contribution in [2.75, 3.05) is 20.1 Å². The quantitative estimate of drug-likeness (QED) is 0.355. The van der Waals surface area contributed by atoms with Gasteiger partial charge in [-0.25, -0.2) is 15.0 Å². The number of carboxylic acids is 2. The first-order valence-electron chi connectivity index (χ1n) is 7.34. The van der Waals surface area contributed by atoms with E-state index in [2.05, 4.69) is 5.43 Å². The van der Waals surface area contributed by atoms with Crippen molar-refractivity contribution in [2.45, 2.75) is 44.2 Å². The van der Waals surface area contributed by atoms with Crippen molar-refractivity contribution in [3.8, 4) is 0 Å². The predicted octanol–water partition coefficient (Wildman–Crippen LogP) is -0.326. The standard InChI is InChI=1S/C13H24N4O5/c1-16(15-9(11(18)19)5-2-3-7-14)13(22)17-8-4-6-10(17)12(20)21/h9-10,15H,2-8,14H2,1H3,(H,18,19)(H,20,21)/t9?,10-/m0/s1. The summed E-state index contributed by atoms with van der Waals surface area (Å²) >= 11 is 0. The highest BCUT2D eigenvalue weighted by Crippen LogP contribution is 2.18. The van der Waals surface area contributed by atoms with Crippen LogP contribution in [0.1, 0.15) is 32.1 Å². The molecule has 1 unspecified atom stereocenters. The van der Waals surface area contributed by atoms with Gasteiger partial charge >= 0.3 is 18.0 Å². The summed E-state index contributed by atoms with van der Waals surface area (Å²) in [6.07, 6.45) is 2.70. The Bertz CT molecular complexity index is 417. The highest BCUT2D eigenvalue weighted by atomic mass is 16.4. The molecule has 9 nitrogen and oxygen atoms in total. The van der Waals surface area contributed by atoms with Crippen LogP contribution in [0.25, 0.3) is 0 Å². The average Bonchev–Trinajstić information content (AvgIpc) is 2.94. The minimum absolute atomic E-state index is 0.340. The van der Waals surface area contributed by atoms with Crippen LogP contribution in [0.4, 0.5) is 4.79 Å². The molecule has 0 saturated carbocycles. The molecule has 1 heterocycles. The number of unbranched alkanes of at least 4 members (excludes halogenated alkanes) is 1. The van der Waals surface area contributed by atoms with E-state index in [9.17, 15) is 14.4 Å². The first-order valence-corrected chi connectivity index (χ1v) is 7.34. The molecule has 1 fully saturated rings. The predicted molar refractivity (Wildman–Crippen MR) is 78.0 cm³/mol. The van der Waals surface area contributed by atoms with Crippen LogP contribution in [0.5, 0.6) is 0 Å². The van der Waals surface area contributed by atoms with Crippen LogP contribution in [0.15, 0.2) is 0 Å². The molecular formula is C13H24N4O5. The normalized spacial score (nSPS) is 19.0. The van der Waals surface area contributed by atoms with Crippen molar-refractivity contribution in [1.82, 2.24) is 15.3 Å². The summed E-state index contributed by atoms with van der Waals surface area (Å²) in [7, 11) is 1.40. The molecule has 0 radical (unpaired) electrons. The summed E-state index contributed by atoms with van der Waals surface area (Å²) in [5, 5.41) is 19.3. The summed E-state index contributed by atoms with van der Waals surface area (Å²) in [6, 6.07) is -2.29. The fourth-order valence-electron chi connectivity index (χ4n) is 2.47. The van der Waals surface area contributed by atoms with Crippen LogP contribution in [-0.4, -0.2) is 70.3 Å². The third kappa shape index (κ3) is 4.85. The van der Waals surface area contributed by atoms with E-state index in [4.69, 9.17) is 15.9 Å². The molecule has 0 aliphatic carbocycles. The Labute approximate surface area is 129 Å². The lowest BCUT2D eigenvalue weighted by Gasteiger charge is -2.29. The summed E-state index contributed by atoms with van der Waals surface area (Å²) < 4.78 is 0. The van der Waals surface area contributed by atoms with Crippen molar-refractivity contribution >= 4 is 18.0 Å². The summed E-state index contributed by atoms with van der Waals surface area (Å²) in [5.41, 5.74) is 7.99. The van der Waals surface area contributed by atoms with Gasteiger partial charge in [-0.15, -0.1) is 0 Å². The maximum absolute atomic E-state index is 12.3. The van der Waals surface area contributed by atoms with E-state index < -0.39 is 30.1 Å². The molecule has 9 heteroatoms. The van der Waals surface area contributed by atoms with Gasteiger partial charge < -0.3 is 20.8 Å². The first-order chi connectivity index (χ1) is 10.4. The third-order valence-corrected chi connectivity index (χ3v) is 3.66. The van der Waals surface area contributed by atoms with Crippen LogP contribution in [0.3, 0.4) is 0 Å². The van der Waals surface area contributed by atoms with Gasteiger partial charge in [0.1, 0.15) is 12.1 Å². The molecule has 0 aromatic rings. The van der Waals surface area contributed by atoms with Crippen LogP contribution in [0.2, 0.25) is 0 Å². The zero-order chi connectivity index (χ0) is 16.7. The number of urea groups is 1. The zero-order valence-electron chi connectivity index (χ0n) is 12.7. The molecule has 0 spiro atoms. The molecule has 1 saturated heterocycles. The van der Waals surface area contributed by atoms with E-state index in [1.54, 1.807) is 0 Å².